The Balaban J connectivity index is 1.65. The van der Waals surface area contributed by atoms with Crippen molar-refractivity contribution in [3.63, 3.8) is 0 Å². The highest BCUT2D eigenvalue weighted by molar-refractivity contribution is 7.99. The van der Waals surface area contributed by atoms with Crippen molar-refractivity contribution in [3.05, 3.63) is 87.5 Å². The van der Waals surface area contributed by atoms with Gasteiger partial charge in [-0.15, -0.1) is 11.8 Å². The van der Waals surface area contributed by atoms with Crippen LogP contribution < -0.4 is 5.32 Å². The highest BCUT2D eigenvalue weighted by atomic mass is 32.2. The molecule has 1 amide bonds. The summed E-state index contributed by atoms with van der Waals surface area (Å²) in [6, 6.07) is 15.7. The Kier molecular flexibility index (Phi) is 21.5. The van der Waals surface area contributed by atoms with Gasteiger partial charge in [-0.1, -0.05) is 178 Å². The molecule has 0 aliphatic rings. The molecule has 362 valence electrons. The summed E-state index contributed by atoms with van der Waals surface area (Å²) >= 11 is 1.55. The summed E-state index contributed by atoms with van der Waals surface area (Å²) in [6.45, 7) is 27.5. The van der Waals surface area contributed by atoms with Crippen molar-refractivity contribution < 1.29 is 34.1 Å². The van der Waals surface area contributed by atoms with E-state index in [0.717, 1.165) is 57.5 Å². The lowest BCUT2D eigenvalue weighted by atomic mass is 9.78. The predicted molar refractivity (Wildman–Crippen MR) is 272 cm³/mol. The summed E-state index contributed by atoms with van der Waals surface area (Å²) in [5, 5.41) is 25.1. The zero-order chi connectivity index (χ0) is 48.6. The molecule has 3 aromatic carbocycles. The molecule has 65 heavy (non-hydrogen) atoms. The molecule has 9 heteroatoms. The van der Waals surface area contributed by atoms with Crippen LogP contribution in [0.15, 0.2) is 48.5 Å². The molecule has 0 aliphatic carbocycles. The molecular formula is C56H85NO7S. The lowest BCUT2D eigenvalue weighted by Gasteiger charge is -2.28. The van der Waals surface area contributed by atoms with Gasteiger partial charge in [0.05, 0.1) is 5.25 Å². The van der Waals surface area contributed by atoms with Crippen molar-refractivity contribution in [1.82, 2.24) is 0 Å². The standard InChI is InChI=1S/C56H85NO7S/c1-14-15-16-17-18-19-20-21-22-23-48(58)57-42-28-26-41(27-29-42)47(38-64-50(60)31-25-40-36-45(55(8,9)10)52(62)46(37-40)56(11,12)13)65-33-32-63-49(59)30-24-39-34-43(53(2,3)4)51(61)44(35-39)54(5,6)7/h26-29,34-37,47,61-62H,14-25,30-33,38H2,1-13H3,(H,57,58). The number of phenolic OH excluding ortho intramolecular Hbond substituents is 2. The molecule has 1 unspecified atom stereocenters. The minimum Gasteiger partial charge on any atom is -0.507 e. The number of thioether (sulfide) groups is 1. The minimum absolute atomic E-state index is 0.00920. The number of hydrogen-bond acceptors (Lipinski definition) is 8. The van der Waals surface area contributed by atoms with Crippen LogP contribution in [-0.4, -0.2) is 47.0 Å². The summed E-state index contributed by atoms with van der Waals surface area (Å²) < 4.78 is 11.6. The number of anilines is 1. The average molecular weight is 916 g/mol. The van der Waals surface area contributed by atoms with E-state index in [4.69, 9.17) is 9.47 Å². The maximum atomic E-state index is 13.3. The van der Waals surface area contributed by atoms with Gasteiger partial charge in [0.2, 0.25) is 5.91 Å². The van der Waals surface area contributed by atoms with Crippen LogP contribution in [0.5, 0.6) is 11.5 Å². The quantitative estimate of drug-likeness (QED) is 0.0600. The van der Waals surface area contributed by atoms with E-state index in [0.29, 0.717) is 36.5 Å². The molecular weight excluding hydrogens is 831 g/mol. The first-order valence-corrected chi connectivity index (χ1v) is 25.4. The summed E-state index contributed by atoms with van der Waals surface area (Å²) in [4.78, 5) is 39.1. The number of hydrogen-bond donors (Lipinski definition) is 3. The zero-order valence-electron chi connectivity index (χ0n) is 42.6. The van der Waals surface area contributed by atoms with Gasteiger partial charge in [0.25, 0.3) is 0 Å². The summed E-state index contributed by atoms with van der Waals surface area (Å²) in [7, 11) is 0. The first kappa shape index (κ1) is 55.3. The van der Waals surface area contributed by atoms with Crippen molar-refractivity contribution in [2.75, 3.05) is 24.3 Å². The maximum Gasteiger partial charge on any atom is 0.306 e. The number of carbonyl (C=O) groups excluding carboxylic acids is 3. The molecule has 0 spiro atoms. The van der Waals surface area contributed by atoms with E-state index in [9.17, 15) is 24.6 Å². The molecule has 3 N–H and O–H groups in total. The van der Waals surface area contributed by atoms with E-state index in [1.807, 2.05) is 48.5 Å². The molecule has 0 saturated carbocycles. The van der Waals surface area contributed by atoms with Gasteiger partial charge in [0.15, 0.2) is 0 Å². The largest absolute Gasteiger partial charge is 0.507 e. The van der Waals surface area contributed by atoms with Crippen LogP contribution in [0.1, 0.15) is 211 Å². The second-order valence-corrected chi connectivity index (χ2v) is 23.4. The van der Waals surface area contributed by atoms with E-state index in [2.05, 4.69) is 95.3 Å². The molecule has 0 saturated heterocycles. The van der Waals surface area contributed by atoms with E-state index < -0.39 is 0 Å². The van der Waals surface area contributed by atoms with E-state index in [1.54, 1.807) is 11.8 Å². The molecule has 0 bridgehead atoms. The number of rotatable bonds is 24. The van der Waals surface area contributed by atoms with Crippen LogP contribution in [0.3, 0.4) is 0 Å². The normalized spacial score (nSPS) is 12.8. The van der Waals surface area contributed by atoms with Gasteiger partial charge in [-0.25, -0.2) is 0 Å². The van der Waals surface area contributed by atoms with Crippen LogP contribution >= 0.6 is 11.8 Å². The van der Waals surface area contributed by atoms with Gasteiger partial charge in [-0.3, -0.25) is 14.4 Å². The summed E-state index contributed by atoms with van der Waals surface area (Å²) in [5.41, 5.74) is 6.01. The van der Waals surface area contributed by atoms with Gasteiger partial charge in [-0.2, -0.15) is 0 Å². The number of esters is 2. The topological polar surface area (TPSA) is 122 Å². The number of nitrogens with one attached hydrogen (secondary N) is 1. The van der Waals surface area contributed by atoms with Gasteiger partial charge in [-0.05, 0) is 92.0 Å². The van der Waals surface area contributed by atoms with Gasteiger partial charge >= 0.3 is 11.9 Å². The fraction of sp³-hybridized carbons (Fsp3) is 0.625. The summed E-state index contributed by atoms with van der Waals surface area (Å²) in [5.74, 6) is 0.522. The van der Waals surface area contributed by atoms with E-state index in [-0.39, 0.29) is 70.8 Å². The van der Waals surface area contributed by atoms with E-state index >= 15 is 0 Å². The molecule has 0 aromatic heterocycles. The third-order valence-corrected chi connectivity index (χ3v) is 13.2. The Morgan fingerprint density at radius 2 is 0.969 bits per heavy atom. The van der Waals surface area contributed by atoms with Gasteiger partial charge in [0, 0.05) is 30.7 Å². The van der Waals surface area contributed by atoms with Crippen molar-refractivity contribution in [1.29, 1.82) is 0 Å². The Labute approximate surface area is 397 Å². The first-order chi connectivity index (χ1) is 30.3. The first-order valence-electron chi connectivity index (χ1n) is 24.4. The molecule has 0 aliphatic heterocycles. The third kappa shape index (κ3) is 19.0. The number of carbonyl (C=O) groups is 3. The van der Waals surface area contributed by atoms with Gasteiger partial charge < -0.3 is 25.0 Å². The second-order valence-electron chi connectivity index (χ2n) is 22.1. The van der Waals surface area contributed by atoms with Crippen molar-refractivity contribution >= 4 is 35.3 Å². The number of benzene rings is 3. The average Bonchev–Trinajstić information content (AvgIpc) is 3.20. The fourth-order valence-electron chi connectivity index (χ4n) is 7.96. The third-order valence-electron chi connectivity index (χ3n) is 11.9. The molecule has 0 fully saturated rings. The monoisotopic (exact) mass is 916 g/mol. The highest BCUT2D eigenvalue weighted by Gasteiger charge is 2.28. The van der Waals surface area contributed by atoms with Crippen LogP contribution in [0.2, 0.25) is 0 Å². The molecule has 3 aromatic rings. The Bertz CT molecular complexity index is 1910. The molecule has 0 radical (unpaired) electrons. The smallest absolute Gasteiger partial charge is 0.306 e. The Morgan fingerprint density at radius 1 is 0.569 bits per heavy atom. The molecule has 8 nitrogen and oxygen atoms in total. The van der Waals surface area contributed by atoms with Crippen molar-refractivity contribution in [2.45, 2.75) is 207 Å². The number of aryl methyl sites for hydroxylation is 2. The van der Waals surface area contributed by atoms with Crippen LogP contribution in [-0.2, 0) is 58.4 Å². The molecule has 1 atom stereocenters. The van der Waals surface area contributed by atoms with Crippen molar-refractivity contribution in [3.8, 4) is 11.5 Å². The van der Waals surface area contributed by atoms with Crippen molar-refractivity contribution in [2.24, 2.45) is 0 Å². The second kappa shape index (κ2) is 25.2. The number of aromatic hydroxyl groups is 2. The van der Waals surface area contributed by atoms with Gasteiger partial charge in [0.1, 0.15) is 24.7 Å². The Hall–Kier alpha value is -3.98. The van der Waals surface area contributed by atoms with E-state index in [1.165, 1.54) is 44.9 Å². The highest BCUT2D eigenvalue weighted by Crippen LogP contribution is 2.41. The fourth-order valence-corrected chi connectivity index (χ4v) is 8.93. The van der Waals surface area contributed by atoms with Crippen LogP contribution in [0.25, 0.3) is 0 Å². The number of ether oxygens (including phenoxy) is 2. The maximum absolute atomic E-state index is 13.3. The zero-order valence-corrected chi connectivity index (χ0v) is 43.4. The number of unbranched alkanes of at least 4 members (excludes halogenated alkanes) is 8. The molecule has 3 rings (SSSR count). The minimum atomic E-state index is -0.316. The summed E-state index contributed by atoms with van der Waals surface area (Å²) in [6.07, 6.45) is 12.7. The SMILES string of the molecule is CCCCCCCCCCCC(=O)Nc1ccc(C(COC(=O)CCc2cc(C(C)(C)C)c(O)c(C(C)(C)C)c2)SCCOC(=O)CCc2cc(C(C)(C)C)c(O)c(C(C)(C)C)c2)cc1. The number of amides is 1. The molecule has 0 heterocycles. The predicted octanol–water partition coefficient (Wildman–Crippen LogP) is 14.3. The lowest BCUT2D eigenvalue weighted by molar-refractivity contribution is -0.144. The Morgan fingerprint density at radius 3 is 1.38 bits per heavy atom. The van der Waals surface area contributed by atoms with Crippen LogP contribution in [0, 0.1) is 0 Å². The lowest BCUT2D eigenvalue weighted by Crippen LogP contribution is -2.18. The van der Waals surface area contributed by atoms with Crippen LogP contribution in [0.4, 0.5) is 5.69 Å². The number of phenols is 2.